The Balaban J connectivity index is 2.87. The Labute approximate surface area is 126 Å². The Hall–Kier alpha value is -0.480. The molecule has 108 valence electrons. The maximum atomic E-state index is 6.30. The summed E-state index contributed by atoms with van der Waals surface area (Å²) in [5.74, 6) is 2.22. The average molecular weight is 299 g/mol. The highest BCUT2D eigenvalue weighted by atomic mass is 32.2. The highest BCUT2D eigenvalue weighted by Crippen LogP contribution is 2.40. The third-order valence-corrected chi connectivity index (χ3v) is 5.39. The van der Waals surface area contributed by atoms with Crippen LogP contribution in [-0.4, -0.2) is 11.5 Å². The van der Waals surface area contributed by atoms with E-state index in [1.807, 2.05) is 11.8 Å². The molecule has 4 heteroatoms. The number of unbranched alkanes of at least 4 members (excludes halogenated alkanes) is 2. The number of benzene rings is 1. The van der Waals surface area contributed by atoms with Crippen LogP contribution in [0.25, 0.3) is 0 Å². The van der Waals surface area contributed by atoms with Crippen LogP contribution in [0.4, 0.5) is 11.4 Å². The van der Waals surface area contributed by atoms with Crippen molar-refractivity contribution < 1.29 is 0 Å². The van der Waals surface area contributed by atoms with E-state index in [-0.39, 0.29) is 0 Å². The summed E-state index contributed by atoms with van der Waals surface area (Å²) in [7, 11) is 0. The quantitative estimate of drug-likeness (QED) is 0.405. The van der Waals surface area contributed by atoms with Gasteiger partial charge in [-0.2, -0.15) is 0 Å². The molecular formula is C15H26N2S2. The standard InChI is InChI=1S/C15H26N2S2/c1-4-6-8-18-12-10-11(3)13(16)15(14(12)17)19-9-7-5-2/h10H,4-9,16-17H2,1-3H3. The largest absolute Gasteiger partial charge is 0.398 e. The summed E-state index contributed by atoms with van der Waals surface area (Å²) in [6, 6.07) is 2.13. The van der Waals surface area contributed by atoms with Gasteiger partial charge in [0.2, 0.25) is 0 Å². The first-order valence-electron chi connectivity index (χ1n) is 7.05. The zero-order valence-corrected chi connectivity index (χ0v) is 13.9. The molecule has 0 saturated heterocycles. The van der Waals surface area contributed by atoms with Crippen LogP contribution in [0.3, 0.4) is 0 Å². The minimum Gasteiger partial charge on any atom is -0.398 e. The predicted molar refractivity (Wildman–Crippen MR) is 91.3 cm³/mol. The molecule has 0 atom stereocenters. The minimum absolute atomic E-state index is 0.860. The lowest BCUT2D eigenvalue weighted by atomic mass is 10.2. The molecular weight excluding hydrogens is 272 g/mol. The summed E-state index contributed by atoms with van der Waals surface area (Å²) in [6.07, 6.45) is 4.86. The fourth-order valence-electron chi connectivity index (χ4n) is 1.71. The predicted octanol–water partition coefficient (Wildman–Crippen LogP) is 4.94. The summed E-state index contributed by atoms with van der Waals surface area (Å²) < 4.78 is 0. The number of rotatable bonds is 8. The molecule has 0 heterocycles. The van der Waals surface area contributed by atoms with Crippen LogP contribution in [-0.2, 0) is 0 Å². The molecule has 0 bridgehead atoms. The molecule has 1 aromatic carbocycles. The Morgan fingerprint density at radius 1 is 0.947 bits per heavy atom. The SMILES string of the molecule is CCCCSc1cc(C)c(N)c(SCCCC)c1N. The van der Waals surface area contributed by atoms with E-state index >= 15 is 0 Å². The van der Waals surface area contributed by atoms with Gasteiger partial charge in [-0.1, -0.05) is 26.7 Å². The Morgan fingerprint density at radius 2 is 1.53 bits per heavy atom. The molecule has 0 fully saturated rings. The first-order valence-corrected chi connectivity index (χ1v) is 9.03. The normalized spacial score (nSPS) is 10.9. The van der Waals surface area contributed by atoms with Gasteiger partial charge in [0.1, 0.15) is 0 Å². The number of nitrogens with two attached hydrogens (primary N) is 2. The van der Waals surface area contributed by atoms with Gasteiger partial charge in [-0.05, 0) is 42.9 Å². The number of thioether (sulfide) groups is 2. The molecule has 0 radical (unpaired) electrons. The second-order valence-corrected chi connectivity index (χ2v) is 6.99. The zero-order valence-electron chi connectivity index (χ0n) is 12.3. The third kappa shape index (κ3) is 4.84. The fourth-order valence-corrected chi connectivity index (χ4v) is 4.16. The van der Waals surface area contributed by atoms with Crippen LogP contribution in [0.15, 0.2) is 15.9 Å². The number of hydrogen-bond acceptors (Lipinski definition) is 4. The van der Waals surface area contributed by atoms with E-state index in [1.165, 1.54) is 30.6 Å². The second-order valence-electron chi connectivity index (χ2n) is 4.75. The summed E-state index contributed by atoms with van der Waals surface area (Å²) in [4.78, 5) is 2.28. The summed E-state index contributed by atoms with van der Waals surface area (Å²) >= 11 is 3.66. The van der Waals surface area contributed by atoms with E-state index in [2.05, 4.69) is 26.8 Å². The van der Waals surface area contributed by atoms with Gasteiger partial charge >= 0.3 is 0 Å². The van der Waals surface area contributed by atoms with E-state index < -0.39 is 0 Å². The first kappa shape index (κ1) is 16.6. The van der Waals surface area contributed by atoms with Gasteiger partial charge < -0.3 is 11.5 Å². The van der Waals surface area contributed by atoms with Crippen LogP contribution in [0, 0.1) is 6.92 Å². The lowest BCUT2D eigenvalue weighted by molar-refractivity contribution is 0.895. The van der Waals surface area contributed by atoms with Gasteiger partial charge in [0.05, 0.1) is 16.3 Å². The number of hydrogen-bond donors (Lipinski definition) is 2. The molecule has 0 aromatic heterocycles. The molecule has 4 N–H and O–H groups in total. The molecule has 0 aliphatic heterocycles. The molecule has 0 amide bonds. The van der Waals surface area contributed by atoms with Gasteiger partial charge in [-0.3, -0.25) is 0 Å². The van der Waals surface area contributed by atoms with Gasteiger partial charge in [-0.25, -0.2) is 0 Å². The number of aryl methyl sites for hydroxylation is 1. The van der Waals surface area contributed by atoms with E-state index in [1.54, 1.807) is 11.8 Å². The fraction of sp³-hybridized carbons (Fsp3) is 0.600. The molecule has 0 unspecified atom stereocenters. The molecule has 19 heavy (non-hydrogen) atoms. The zero-order chi connectivity index (χ0) is 14.3. The molecule has 0 saturated carbocycles. The highest BCUT2D eigenvalue weighted by molar-refractivity contribution is 8.00. The maximum Gasteiger partial charge on any atom is 0.0611 e. The van der Waals surface area contributed by atoms with Crippen molar-refractivity contribution in [2.75, 3.05) is 23.0 Å². The highest BCUT2D eigenvalue weighted by Gasteiger charge is 2.12. The molecule has 1 aromatic rings. The van der Waals surface area contributed by atoms with Crippen molar-refractivity contribution in [2.24, 2.45) is 0 Å². The molecule has 0 aliphatic carbocycles. The topological polar surface area (TPSA) is 52.0 Å². The minimum atomic E-state index is 0.860. The van der Waals surface area contributed by atoms with E-state index in [0.29, 0.717) is 0 Å². The van der Waals surface area contributed by atoms with E-state index in [4.69, 9.17) is 11.5 Å². The van der Waals surface area contributed by atoms with Gasteiger partial charge in [0.15, 0.2) is 0 Å². The maximum absolute atomic E-state index is 6.30. The number of nitrogen functional groups attached to an aromatic ring is 2. The Morgan fingerprint density at radius 3 is 2.11 bits per heavy atom. The first-order chi connectivity index (χ1) is 9.11. The summed E-state index contributed by atoms with van der Waals surface area (Å²) in [6.45, 7) is 6.49. The Kier molecular flexibility index (Phi) is 7.54. The van der Waals surface area contributed by atoms with Gasteiger partial charge in [-0.15, -0.1) is 23.5 Å². The van der Waals surface area contributed by atoms with Crippen LogP contribution < -0.4 is 11.5 Å². The van der Waals surface area contributed by atoms with Crippen molar-refractivity contribution in [1.82, 2.24) is 0 Å². The van der Waals surface area contributed by atoms with Crippen molar-refractivity contribution in [2.45, 2.75) is 56.2 Å². The average Bonchev–Trinajstić information content (AvgIpc) is 2.40. The number of anilines is 2. The van der Waals surface area contributed by atoms with Gasteiger partial charge in [0, 0.05) is 4.90 Å². The van der Waals surface area contributed by atoms with E-state index in [0.717, 1.165) is 33.3 Å². The molecule has 0 spiro atoms. The lowest BCUT2D eigenvalue weighted by Gasteiger charge is -2.15. The Bertz CT molecular complexity index is 406. The van der Waals surface area contributed by atoms with Crippen LogP contribution in [0.2, 0.25) is 0 Å². The molecule has 2 nitrogen and oxygen atoms in total. The van der Waals surface area contributed by atoms with Crippen molar-refractivity contribution >= 4 is 34.9 Å². The van der Waals surface area contributed by atoms with Crippen LogP contribution >= 0.6 is 23.5 Å². The lowest BCUT2D eigenvalue weighted by Crippen LogP contribution is -2.01. The summed E-state index contributed by atoms with van der Waals surface area (Å²) in [5, 5.41) is 0. The second kappa shape index (κ2) is 8.64. The van der Waals surface area contributed by atoms with E-state index in [9.17, 15) is 0 Å². The summed E-state index contributed by atoms with van der Waals surface area (Å²) in [5.41, 5.74) is 15.4. The van der Waals surface area contributed by atoms with Gasteiger partial charge in [0.25, 0.3) is 0 Å². The van der Waals surface area contributed by atoms with Crippen molar-refractivity contribution in [3.63, 3.8) is 0 Å². The van der Waals surface area contributed by atoms with Crippen molar-refractivity contribution in [1.29, 1.82) is 0 Å². The smallest absolute Gasteiger partial charge is 0.0611 e. The van der Waals surface area contributed by atoms with Crippen molar-refractivity contribution in [3.8, 4) is 0 Å². The van der Waals surface area contributed by atoms with Crippen molar-refractivity contribution in [3.05, 3.63) is 11.6 Å². The molecule has 1 rings (SSSR count). The van der Waals surface area contributed by atoms with Crippen LogP contribution in [0.5, 0.6) is 0 Å². The third-order valence-electron chi connectivity index (χ3n) is 3.03. The molecule has 0 aliphatic rings. The van der Waals surface area contributed by atoms with Crippen LogP contribution in [0.1, 0.15) is 45.1 Å². The monoisotopic (exact) mass is 298 g/mol.